The van der Waals surface area contributed by atoms with Crippen LogP contribution in [0.4, 0.5) is 0 Å². The van der Waals surface area contributed by atoms with Crippen molar-refractivity contribution < 1.29 is 33.3 Å². The van der Waals surface area contributed by atoms with Crippen molar-refractivity contribution in [3.05, 3.63) is 59.7 Å². The molecule has 7 nitrogen and oxygen atoms in total. The lowest BCUT2D eigenvalue weighted by molar-refractivity contribution is -0.943. The first-order chi connectivity index (χ1) is 16.6. The molecule has 7 heteroatoms. The van der Waals surface area contributed by atoms with Gasteiger partial charge in [0.1, 0.15) is 25.8 Å². The maximum atomic E-state index is 11.8. The third-order valence-electron chi connectivity index (χ3n) is 6.69. The van der Waals surface area contributed by atoms with Gasteiger partial charge in [0.15, 0.2) is 17.6 Å². The van der Waals surface area contributed by atoms with Crippen LogP contribution in [0, 0.1) is 0 Å². The van der Waals surface area contributed by atoms with Crippen LogP contribution in [-0.4, -0.2) is 74.3 Å². The number of para-hydroxylation sites is 2. The van der Waals surface area contributed by atoms with E-state index in [9.17, 15) is 9.90 Å². The predicted octanol–water partition coefficient (Wildman–Crippen LogP) is 3.58. The largest absolute Gasteiger partial charge is 0.486 e. The van der Waals surface area contributed by atoms with Gasteiger partial charge in [0.25, 0.3) is 0 Å². The molecule has 184 valence electrons. The van der Waals surface area contributed by atoms with Crippen molar-refractivity contribution in [3.63, 3.8) is 0 Å². The topological polar surface area (TPSA) is 74.2 Å². The molecule has 0 unspecified atom stereocenters. The molecule has 4 rings (SSSR count). The minimum Gasteiger partial charge on any atom is -0.486 e. The van der Waals surface area contributed by atoms with Crippen LogP contribution in [0.2, 0.25) is 0 Å². The third-order valence-corrected chi connectivity index (χ3v) is 6.69. The van der Waals surface area contributed by atoms with Gasteiger partial charge >= 0.3 is 5.97 Å². The van der Waals surface area contributed by atoms with Gasteiger partial charge in [0.05, 0.1) is 39.0 Å². The van der Waals surface area contributed by atoms with Crippen LogP contribution in [0.5, 0.6) is 11.5 Å². The molecule has 0 bridgehead atoms. The number of fused-ring (bicyclic) bond motifs is 1. The highest BCUT2D eigenvalue weighted by atomic mass is 16.6. The summed E-state index contributed by atoms with van der Waals surface area (Å²) in [6.45, 7) is 4.62. The van der Waals surface area contributed by atoms with Crippen molar-refractivity contribution in [2.75, 3.05) is 46.6 Å². The number of benzene rings is 2. The number of ether oxygens (including phenoxy) is 4. The summed E-state index contributed by atoms with van der Waals surface area (Å²) in [4.78, 5) is 11.8. The predicted molar refractivity (Wildman–Crippen MR) is 128 cm³/mol. The van der Waals surface area contributed by atoms with Gasteiger partial charge in [0.2, 0.25) is 0 Å². The monoisotopic (exact) mass is 470 g/mol. The van der Waals surface area contributed by atoms with Gasteiger partial charge < -0.3 is 28.5 Å². The van der Waals surface area contributed by atoms with E-state index in [1.54, 1.807) is 0 Å². The van der Waals surface area contributed by atoms with Crippen molar-refractivity contribution in [1.82, 2.24) is 0 Å². The molecular formula is C27H36NO6+. The molecule has 2 aromatic carbocycles. The smallest absolute Gasteiger partial charge is 0.337 e. The Morgan fingerprint density at radius 3 is 2.47 bits per heavy atom. The normalized spacial score (nSPS) is 20.2. The summed E-state index contributed by atoms with van der Waals surface area (Å²) in [6, 6.07) is 15.3. The van der Waals surface area contributed by atoms with E-state index in [0.717, 1.165) is 54.0 Å². The number of hydrogen-bond donors (Lipinski definition) is 1. The Hall–Kier alpha value is -2.61. The highest BCUT2D eigenvalue weighted by molar-refractivity contribution is 5.89. The Morgan fingerprint density at radius 1 is 1.06 bits per heavy atom. The molecule has 0 aliphatic carbocycles. The molecule has 0 saturated carbocycles. The second kappa shape index (κ2) is 11.7. The standard InChI is InChI=1S/C27H36NO6/c1-31-27(30)22-12-10-21(11-13-22)16-28(14-6-2-3-7-15-28)17-23(29)18-32-19-24-20-33-25-8-4-5-9-26(25)34-24/h4-5,8-13,23-24,29H,2-3,6-7,14-20H2,1H3/q+1/t23-,24+/m1/s1. The van der Waals surface area contributed by atoms with Crippen molar-refractivity contribution >= 4 is 5.97 Å². The summed E-state index contributed by atoms with van der Waals surface area (Å²) in [6.07, 6.45) is 4.02. The molecule has 2 aromatic rings. The number of aliphatic hydroxyl groups excluding tert-OH is 1. The Bertz CT molecular complexity index is 923. The van der Waals surface area contributed by atoms with Crippen molar-refractivity contribution in [3.8, 4) is 11.5 Å². The molecular weight excluding hydrogens is 434 g/mol. The Kier molecular flexibility index (Phi) is 8.43. The molecule has 0 radical (unpaired) electrons. The van der Waals surface area contributed by atoms with Crippen LogP contribution in [0.1, 0.15) is 41.6 Å². The quantitative estimate of drug-likeness (QED) is 0.446. The Morgan fingerprint density at radius 2 is 1.76 bits per heavy atom. The van der Waals surface area contributed by atoms with Crippen LogP contribution >= 0.6 is 0 Å². The van der Waals surface area contributed by atoms with Crippen molar-refractivity contribution in [1.29, 1.82) is 0 Å². The van der Waals surface area contributed by atoms with Gasteiger partial charge in [-0.05, 0) is 49.9 Å². The molecule has 2 aliphatic heterocycles. The number of hydrogen-bond acceptors (Lipinski definition) is 6. The maximum absolute atomic E-state index is 11.8. The number of rotatable bonds is 9. The highest BCUT2D eigenvalue weighted by Gasteiger charge is 2.32. The number of likely N-dealkylation sites (tertiary alicyclic amines) is 1. The third kappa shape index (κ3) is 6.50. The molecule has 2 atom stereocenters. The summed E-state index contributed by atoms with van der Waals surface area (Å²) >= 11 is 0. The lowest BCUT2D eigenvalue weighted by atomic mass is 10.1. The first-order valence-corrected chi connectivity index (χ1v) is 12.2. The summed E-state index contributed by atoms with van der Waals surface area (Å²) in [5.41, 5.74) is 1.72. The fourth-order valence-corrected chi connectivity index (χ4v) is 5.00. The van der Waals surface area contributed by atoms with Crippen molar-refractivity contribution in [2.45, 2.75) is 44.4 Å². The maximum Gasteiger partial charge on any atom is 0.337 e. The molecule has 1 fully saturated rings. The number of carbonyl (C=O) groups excluding carboxylic acids is 1. The van der Waals surface area contributed by atoms with Crippen LogP contribution in [-0.2, 0) is 16.0 Å². The first-order valence-electron chi connectivity index (χ1n) is 12.2. The zero-order valence-corrected chi connectivity index (χ0v) is 20.0. The van der Waals surface area contributed by atoms with Crippen molar-refractivity contribution in [2.24, 2.45) is 0 Å². The average molecular weight is 471 g/mol. The minimum absolute atomic E-state index is 0.184. The lowest BCUT2D eigenvalue weighted by Gasteiger charge is -2.39. The number of nitrogens with zero attached hydrogens (tertiary/aromatic N) is 1. The summed E-state index contributed by atoms with van der Waals surface area (Å²) in [7, 11) is 1.39. The molecule has 0 aromatic heterocycles. The average Bonchev–Trinajstić information content (AvgIpc) is 3.09. The van der Waals surface area contributed by atoms with E-state index in [1.807, 2.05) is 48.5 Å². The van der Waals surface area contributed by atoms with Gasteiger partial charge in [-0.2, -0.15) is 0 Å². The van der Waals surface area contributed by atoms with Crippen LogP contribution in [0.15, 0.2) is 48.5 Å². The molecule has 2 heterocycles. The van der Waals surface area contributed by atoms with Gasteiger partial charge in [-0.15, -0.1) is 0 Å². The first kappa shape index (κ1) is 24.5. The molecule has 1 N–H and O–H groups in total. The molecule has 1 saturated heterocycles. The SMILES string of the molecule is COC(=O)c1ccc(C[N+]2(C[C@@H](O)COC[C@H]3COc4ccccc4O3)CCCCCC2)cc1. The molecule has 0 spiro atoms. The van der Waals surface area contributed by atoms with E-state index in [2.05, 4.69) is 0 Å². The summed E-state index contributed by atoms with van der Waals surface area (Å²) in [5, 5.41) is 10.9. The fourth-order valence-electron chi connectivity index (χ4n) is 5.00. The van der Waals surface area contributed by atoms with E-state index < -0.39 is 6.10 Å². The Labute approximate surface area is 201 Å². The summed E-state index contributed by atoms with van der Waals surface area (Å²) in [5.74, 6) is 1.16. The second-order valence-corrected chi connectivity index (χ2v) is 9.42. The Balaban J connectivity index is 1.32. The van der Waals surface area contributed by atoms with E-state index in [1.165, 1.54) is 20.0 Å². The number of methoxy groups -OCH3 is 1. The highest BCUT2D eigenvalue weighted by Crippen LogP contribution is 2.31. The molecule has 34 heavy (non-hydrogen) atoms. The van der Waals surface area contributed by atoms with Gasteiger partial charge in [-0.1, -0.05) is 24.3 Å². The lowest BCUT2D eigenvalue weighted by Crippen LogP contribution is -2.53. The minimum atomic E-state index is -0.566. The van der Waals surface area contributed by atoms with E-state index in [0.29, 0.717) is 25.3 Å². The van der Waals surface area contributed by atoms with Gasteiger partial charge in [-0.25, -0.2) is 4.79 Å². The number of aliphatic hydroxyl groups is 1. The van der Waals surface area contributed by atoms with Gasteiger partial charge in [0, 0.05) is 5.56 Å². The number of quaternary nitrogens is 1. The number of esters is 1. The molecule has 0 amide bonds. The summed E-state index contributed by atoms with van der Waals surface area (Å²) < 4.78 is 23.2. The van der Waals surface area contributed by atoms with E-state index >= 15 is 0 Å². The second-order valence-electron chi connectivity index (χ2n) is 9.42. The zero-order chi connectivity index (χ0) is 23.8. The van der Waals surface area contributed by atoms with Crippen LogP contribution < -0.4 is 9.47 Å². The van der Waals surface area contributed by atoms with Crippen LogP contribution in [0.3, 0.4) is 0 Å². The van der Waals surface area contributed by atoms with Gasteiger partial charge in [-0.3, -0.25) is 0 Å². The van der Waals surface area contributed by atoms with E-state index in [-0.39, 0.29) is 18.7 Å². The van der Waals surface area contributed by atoms with E-state index in [4.69, 9.17) is 18.9 Å². The van der Waals surface area contributed by atoms with Crippen LogP contribution in [0.25, 0.3) is 0 Å². The fraction of sp³-hybridized carbons (Fsp3) is 0.519. The number of carbonyl (C=O) groups is 1. The molecule has 2 aliphatic rings. The zero-order valence-electron chi connectivity index (χ0n) is 20.0.